The van der Waals surface area contributed by atoms with Crippen LogP contribution in [0.3, 0.4) is 0 Å². The monoisotopic (exact) mass is 1060 g/mol. The van der Waals surface area contributed by atoms with Crippen LogP contribution in [-0.4, -0.2) is 154 Å². The van der Waals surface area contributed by atoms with Gasteiger partial charge in [-0.1, -0.05) is 71.1 Å². The third-order valence-electron chi connectivity index (χ3n) is 16.8. The average molecular weight is 1060 g/mol. The summed E-state index contributed by atoms with van der Waals surface area (Å²) in [7, 11) is 2.95. The molecule has 1 saturated carbocycles. The van der Waals surface area contributed by atoms with Crippen molar-refractivity contribution in [3.63, 3.8) is 0 Å². The summed E-state index contributed by atoms with van der Waals surface area (Å²) in [6.07, 6.45) is 15.8. The highest BCUT2D eigenvalue weighted by molar-refractivity contribution is 6.39. The minimum atomic E-state index is -2.48. The molecule has 422 valence electrons. The molecule has 0 spiro atoms. The lowest BCUT2D eigenvalue weighted by molar-refractivity contribution is -0.266. The summed E-state index contributed by atoms with van der Waals surface area (Å²) in [6.45, 7) is 14.2. The van der Waals surface area contributed by atoms with Crippen LogP contribution in [0.5, 0.6) is 0 Å². The highest BCUT2D eigenvalue weighted by Gasteiger charge is 2.53. The zero-order valence-electron chi connectivity index (χ0n) is 46.6. The number of ether oxygens (including phenoxy) is 5. The van der Waals surface area contributed by atoms with Gasteiger partial charge in [-0.05, 0) is 126 Å². The van der Waals surface area contributed by atoms with Gasteiger partial charge in [-0.3, -0.25) is 19.2 Å². The number of aliphatic hydroxyl groups is 3. The number of Topliss-reactive ketones (excluding diaryl/α,β-unsaturated/α-hetero) is 3. The minimum absolute atomic E-state index is 0.00707. The number of allylic oxidation sites excluding steroid dienone is 6. The Balaban J connectivity index is 1.30. The van der Waals surface area contributed by atoms with Gasteiger partial charge in [-0.25, -0.2) is 14.8 Å². The van der Waals surface area contributed by atoms with Crippen LogP contribution >= 0.6 is 0 Å². The van der Waals surface area contributed by atoms with Gasteiger partial charge in [0.05, 0.1) is 30.5 Å². The number of methoxy groups -OCH3 is 2. The molecule has 1 amide bonds. The molecule has 3 saturated heterocycles. The number of fused-ring (bicyclic) bond motifs is 3. The largest absolute Gasteiger partial charge is 0.460 e. The predicted molar refractivity (Wildman–Crippen MR) is 286 cm³/mol. The van der Waals surface area contributed by atoms with Crippen molar-refractivity contribution in [2.45, 2.75) is 199 Å². The number of carbonyl (C=O) groups is 5. The maximum absolute atomic E-state index is 14.6. The summed E-state index contributed by atoms with van der Waals surface area (Å²) >= 11 is 0. The van der Waals surface area contributed by atoms with Crippen LogP contribution in [0.4, 0.5) is 5.95 Å². The van der Waals surface area contributed by atoms with Gasteiger partial charge in [0.2, 0.25) is 11.7 Å². The first-order valence-electron chi connectivity index (χ1n) is 28.1. The summed E-state index contributed by atoms with van der Waals surface area (Å²) in [5.41, 5.74) is 1.28. The lowest BCUT2D eigenvalue weighted by Crippen LogP contribution is -2.61. The number of ketones is 3. The Bertz CT molecular complexity index is 2230. The van der Waals surface area contributed by atoms with Crippen molar-refractivity contribution in [3.8, 4) is 0 Å². The van der Waals surface area contributed by atoms with E-state index in [2.05, 4.69) is 14.9 Å². The van der Waals surface area contributed by atoms with Gasteiger partial charge >= 0.3 is 5.97 Å². The molecule has 1 aliphatic carbocycles. The number of nitrogens with zero attached hydrogens (tertiary/aromatic N) is 4. The molecule has 1 aromatic heterocycles. The Hall–Kier alpha value is -4.49. The highest BCUT2D eigenvalue weighted by atomic mass is 16.6. The van der Waals surface area contributed by atoms with Crippen molar-refractivity contribution in [2.75, 3.05) is 38.8 Å². The lowest BCUT2D eigenvalue weighted by Gasteiger charge is -2.43. The van der Waals surface area contributed by atoms with Crippen LogP contribution in [0.15, 0.2) is 66.1 Å². The van der Waals surface area contributed by atoms with E-state index in [4.69, 9.17) is 23.7 Å². The second-order valence-corrected chi connectivity index (χ2v) is 22.7. The number of hydrogen-bond donors (Lipinski definition) is 3. The van der Waals surface area contributed by atoms with Crippen LogP contribution < -0.4 is 4.90 Å². The minimum Gasteiger partial charge on any atom is -0.460 e. The van der Waals surface area contributed by atoms with E-state index in [0.29, 0.717) is 102 Å². The number of rotatable bonds is 8. The molecule has 0 aromatic carbocycles. The Morgan fingerprint density at radius 3 is 2.25 bits per heavy atom. The van der Waals surface area contributed by atoms with Gasteiger partial charge in [0.1, 0.15) is 30.1 Å². The third-order valence-corrected chi connectivity index (χ3v) is 16.8. The summed E-state index contributed by atoms with van der Waals surface area (Å²) in [5.74, 6) is -7.49. The van der Waals surface area contributed by atoms with E-state index in [1.807, 2.05) is 58.1 Å². The van der Waals surface area contributed by atoms with Crippen molar-refractivity contribution in [2.24, 2.45) is 35.5 Å². The molecule has 3 N–H and O–H groups in total. The smallest absolute Gasteiger partial charge is 0.329 e. The molecule has 5 heterocycles. The molecule has 4 aliphatic heterocycles. The number of carbonyl (C=O) groups excluding carboxylic acids is 5. The Morgan fingerprint density at radius 1 is 0.829 bits per heavy atom. The van der Waals surface area contributed by atoms with Crippen LogP contribution in [-0.2, 0) is 47.7 Å². The Morgan fingerprint density at radius 2 is 1.55 bits per heavy atom. The van der Waals surface area contributed by atoms with Crippen LogP contribution in [0, 0.1) is 35.5 Å². The lowest BCUT2D eigenvalue weighted by atomic mass is 9.78. The first-order chi connectivity index (χ1) is 36.2. The molecule has 5 aliphatic rings. The molecule has 17 heteroatoms. The first-order valence-corrected chi connectivity index (χ1v) is 28.1. The van der Waals surface area contributed by atoms with Crippen LogP contribution in [0.1, 0.15) is 138 Å². The predicted octanol–water partition coefficient (Wildman–Crippen LogP) is 7.01. The molecule has 1 aromatic rings. The Labute approximate surface area is 450 Å². The average Bonchev–Trinajstić information content (AvgIpc) is 3.42. The number of aliphatic hydroxyl groups excluding tert-OH is 2. The van der Waals surface area contributed by atoms with E-state index in [9.17, 15) is 39.3 Å². The van der Waals surface area contributed by atoms with E-state index in [-0.39, 0.29) is 60.9 Å². The zero-order chi connectivity index (χ0) is 55.3. The number of anilines is 1. The summed E-state index contributed by atoms with van der Waals surface area (Å²) in [4.78, 5) is 84.0. The number of amides is 1. The van der Waals surface area contributed by atoms with Gasteiger partial charge in [-0.15, -0.1) is 0 Å². The molecule has 76 heavy (non-hydrogen) atoms. The maximum atomic E-state index is 14.6. The number of esters is 1. The fourth-order valence-electron chi connectivity index (χ4n) is 11.9. The van der Waals surface area contributed by atoms with E-state index >= 15 is 0 Å². The normalized spacial score (nSPS) is 37.7. The molecule has 2 bridgehead atoms. The van der Waals surface area contributed by atoms with Crippen molar-refractivity contribution in [3.05, 3.63) is 66.1 Å². The molecule has 15 atom stereocenters. The molecule has 0 radical (unpaired) electrons. The second-order valence-electron chi connectivity index (χ2n) is 22.7. The molecule has 0 unspecified atom stereocenters. The number of piperidine rings is 2. The summed E-state index contributed by atoms with van der Waals surface area (Å²) in [5, 5.41) is 34.4. The molecule has 17 nitrogen and oxygen atoms in total. The fourth-order valence-corrected chi connectivity index (χ4v) is 11.9. The van der Waals surface area contributed by atoms with Crippen molar-refractivity contribution in [1.29, 1.82) is 0 Å². The number of hydrogen-bond acceptors (Lipinski definition) is 16. The molecule has 4 fully saturated rings. The SMILES string of the molecule is CO[C@@H]1C[C@H](C[C@@H](C)[C@@H]2CC(=O)[C@H](C)/C=C(\C)[C@@H](O)[C@@H](OC)C(=O)[C@H](C)C[C@H](C)/C=C/C=C/C=C(\C)[C@H](OC3CCN(c4ncccn4)CC3)C[C@@H]3CC[C@@H](C)[C@@](O)(O3)C(=O)C(=O)N3CCCC[C@H]3C(=O)O2)CC[C@H]1O. The van der Waals surface area contributed by atoms with E-state index in [0.717, 1.165) is 5.57 Å². The fraction of sp³-hybridized carbons (Fsp3) is 0.712. The zero-order valence-corrected chi connectivity index (χ0v) is 46.6. The second kappa shape index (κ2) is 28.4. The van der Waals surface area contributed by atoms with Crippen LogP contribution in [0.25, 0.3) is 0 Å². The first kappa shape index (κ1) is 60.7. The molecular formula is C59H88N4O13. The third kappa shape index (κ3) is 15.8. The van der Waals surface area contributed by atoms with Gasteiger partial charge in [0.15, 0.2) is 5.78 Å². The van der Waals surface area contributed by atoms with Crippen molar-refractivity contribution < 1.29 is 63.0 Å². The maximum Gasteiger partial charge on any atom is 0.329 e. The Kier molecular flexibility index (Phi) is 22.7. The van der Waals surface area contributed by atoms with Crippen molar-refractivity contribution >= 4 is 35.2 Å². The molecular weight excluding hydrogens is 973 g/mol. The van der Waals surface area contributed by atoms with Gasteiger partial charge < -0.3 is 48.8 Å². The van der Waals surface area contributed by atoms with Gasteiger partial charge in [0.25, 0.3) is 11.7 Å². The summed E-state index contributed by atoms with van der Waals surface area (Å²) < 4.78 is 30.8. The quantitative estimate of drug-likeness (QED) is 0.135. The highest BCUT2D eigenvalue weighted by Crippen LogP contribution is 2.38. The van der Waals surface area contributed by atoms with E-state index in [1.165, 1.54) is 12.0 Å². The van der Waals surface area contributed by atoms with Gasteiger partial charge in [-0.2, -0.15) is 0 Å². The molecule has 6 rings (SSSR count). The topological polar surface area (TPSA) is 224 Å². The van der Waals surface area contributed by atoms with Crippen LogP contribution in [0.2, 0.25) is 0 Å². The van der Waals surface area contributed by atoms with E-state index in [1.54, 1.807) is 52.4 Å². The number of aromatic nitrogens is 2. The standard InChI is InChI=1S/C59H88N4O13/c1-36-16-11-10-12-17-37(2)49(74-44-23-28-62(29-24-44)58-60-25-15-26-61-58)34-45-21-19-42(7)59(71,76-45)55(68)56(69)63-27-14-13-18-46(63)57(70)75-50(39(4)32-43-20-22-47(64)51(33-43)72-8)35-48(65)38(3)31-41(6)53(67)54(73-9)52(66)40(5)30-36/h10-12,15-17,25-26,31,36,38-40,42-47,49-51,53-54,64,67,71H,13-14,18-24,27-30,32-35H2,1-9H3/b12-10+,16-11+,37-17+,41-31+/t36-,38-,39-,40-,42-,43+,45+,46+,47-,49-,50+,51-,53-,54+,59-/m1/s1. The summed E-state index contributed by atoms with van der Waals surface area (Å²) in [6, 6.07) is 0.622. The van der Waals surface area contributed by atoms with Crippen molar-refractivity contribution in [1.82, 2.24) is 14.9 Å². The van der Waals surface area contributed by atoms with Gasteiger partial charge in [0, 0.05) is 76.8 Å². The van der Waals surface area contributed by atoms with E-state index < -0.39 is 83.9 Å². The number of cyclic esters (lactones) is 1.